The fourth-order valence-corrected chi connectivity index (χ4v) is 2.78. The third-order valence-corrected chi connectivity index (χ3v) is 4.21. The van der Waals surface area contributed by atoms with Gasteiger partial charge in [0.15, 0.2) is 16.8 Å². The summed E-state index contributed by atoms with van der Waals surface area (Å²) in [6.45, 7) is 4.37. The maximum absolute atomic E-state index is 13.1. The van der Waals surface area contributed by atoms with Crippen molar-refractivity contribution in [2.75, 3.05) is 0 Å². The highest BCUT2D eigenvalue weighted by atomic mass is 32.2. The second kappa shape index (κ2) is 9.32. The van der Waals surface area contributed by atoms with E-state index in [1.807, 2.05) is 12.1 Å². The second-order valence-corrected chi connectivity index (χ2v) is 7.06. The lowest BCUT2D eigenvalue weighted by Crippen LogP contribution is -2.06. The van der Waals surface area contributed by atoms with Crippen LogP contribution in [0, 0.1) is 17.6 Å². The molecule has 3 nitrogen and oxygen atoms in total. The highest BCUT2D eigenvalue weighted by molar-refractivity contribution is 8.13. The third kappa shape index (κ3) is 6.66. The number of rotatable bonds is 6. The summed E-state index contributed by atoms with van der Waals surface area (Å²) < 4.78 is 26.0. The number of nitrogens with zero attached hydrogens (tertiary/aromatic N) is 2. The zero-order valence-electron chi connectivity index (χ0n) is 14.2. The Bertz CT molecular complexity index is 756. The number of nitrogens with two attached hydrogens (primary N) is 1. The van der Waals surface area contributed by atoms with E-state index in [2.05, 4.69) is 36.2 Å². The molecule has 0 radical (unpaired) electrons. The SMILES string of the molecule is CC(C)Cc1ccc(C=NN=C(N)SCc2ccc(F)c(F)c2)cc1. The first-order valence-electron chi connectivity index (χ1n) is 7.96. The number of hydrogen-bond acceptors (Lipinski definition) is 3. The van der Waals surface area contributed by atoms with E-state index in [0.717, 1.165) is 24.1 Å². The van der Waals surface area contributed by atoms with Crippen LogP contribution in [0.4, 0.5) is 8.78 Å². The summed E-state index contributed by atoms with van der Waals surface area (Å²) in [5.74, 6) is -0.714. The van der Waals surface area contributed by atoms with E-state index in [4.69, 9.17) is 5.73 Å². The Morgan fingerprint density at radius 2 is 1.76 bits per heavy atom. The smallest absolute Gasteiger partial charge is 0.180 e. The largest absolute Gasteiger partial charge is 0.377 e. The van der Waals surface area contributed by atoms with E-state index < -0.39 is 11.6 Å². The van der Waals surface area contributed by atoms with Gasteiger partial charge in [-0.2, -0.15) is 5.10 Å². The van der Waals surface area contributed by atoms with Crippen molar-refractivity contribution in [3.63, 3.8) is 0 Å². The van der Waals surface area contributed by atoms with Crippen LogP contribution in [0.1, 0.15) is 30.5 Å². The van der Waals surface area contributed by atoms with Crippen molar-refractivity contribution in [2.24, 2.45) is 21.9 Å². The van der Waals surface area contributed by atoms with Crippen LogP contribution in [0.5, 0.6) is 0 Å². The van der Waals surface area contributed by atoms with Crippen LogP contribution >= 0.6 is 11.8 Å². The fourth-order valence-electron chi connectivity index (χ4n) is 2.18. The number of halogens is 2. The van der Waals surface area contributed by atoms with Crippen molar-refractivity contribution < 1.29 is 8.78 Å². The lowest BCUT2D eigenvalue weighted by atomic mass is 10.0. The van der Waals surface area contributed by atoms with Crippen molar-refractivity contribution in [2.45, 2.75) is 26.0 Å². The molecule has 2 aromatic rings. The molecule has 25 heavy (non-hydrogen) atoms. The normalized spacial score (nSPS) is 12.3. The van der Waals surface area contributed by atoms with Crippen LogP contribution in [0.3, 0.4) is 0 Å². The molecule has 0 aliphatic rings. The van der Waals surface area contributed by atoms with Gasteiger partial charge in [0.05, 0.1) is 6.21 Å². The van der Waals surface area contributed by atoms with Crippen molar-refractivity contribution in [1.82, 2.24) is 0 Å². The molecular formula is C19H21F2N3S. The molecule has 0 aliphatic heterocycles. The van der Waals surface area contributed by atoms with Gasteiger partial charge >= 0.3 is 0 Å². The van der Waals surface area contributed by atoms with Crippen LogP contribution in [-0.4, -0.2) is 11.4 Å². The van der Waals surface area contributed by atoms with Crippen LogP contribution in [-0.2, 0) is 12.2 Å². The predicted molar refractivity (Wildman–Crippen MR) is 102 cm³/mol. The Hall–Kier alpha value is -2.21. The summed E-state index contributed by atoms with van der Waals surface area (Å²) >= 11 is 1.21. The van der Waals surface area contributed by atoms with E-state index in [1.165, 1.54) is 23.4 Å². The number of thioether (sulfide) groups is 1. The highest BCUT2D eigenvalue weighted by Gasteiger charge is 2.03. The van der Waals surface area contributed by atoms with E-state index in [1.54, 1.807) is 6.21 Å². The van der Waals surface area contributed by atoms with Crippen LogP contribution in [0.2, 0.25) is 0 Å². The van der Waals surface area contributed by atoms with Crippen LogP contribution in [0.15, 0.2) is 52.7 Å². The first-order valence-corrected chi connectivity index (χ1v) is 8.94. The molecular weight excluding hydrogens is 340 g/mol. The molecule has 0 unspecified atom stereocenters. The maximum Gasteiger partial charge on any atom is 0.180 e. The van der Waals surface area contributed by atoms with Gasteiger partial charge in [-0.25, -0.2) is 8.78 Å². The Balaban J connectivity index is 1.87. The molecule has 0 aromatic heterocycles. The van der Waals surface area contributed by atoms with E-state index in [0.29, 0.717) is 17.2 Å². The van der Waals surface area contributed by atoms with Crippen molar-refractivity contribution in [3.05, 3.63) is 70.8 Å². The minimum atomic E-state index is -0.868. The molecule has 0 atom stereocenters. The minimum absolute atomic E-state index is 0.261. The second-order valence-electron chi connectivity index (χ2n) is 6.06. The first kappa shape index (κ1) is 19.1. The minimum Gasteiger partial charge on any atom is -0.377 e. The third-order valence-electron chi connectivity index (χ3n) is 3.36. The summed E-state index contributed by atoms with van der Waals surface area (Å²) in [4.78, 5) is 0. The average Bonchev–Trinajstić information content (AvgIpc) is 2.57. The van der Waals surface area contributed by atoms with Gasteiger partial charge in [0, 0.05) is 5.75 Å². The average molecular weight is 361 g/mol. The van der Waals surface area contributed by atoms with Gasteiger partial charge in [0.2, 0.25) is 0 Å². The molecule has 0 aliphatic carbocycles. The Kier molecular flexibility index (Phi) is 7.13. The number of benzene rings is 2. The van der Waals surface area contributed by atoms with E-state index in [-0.39, 0.29) is 5.17 Å². The van der Waals surface area contributed by atoms with Gasteiger partial charge in [-0.3, -0.25) is 0 Å². The molecule has 6 heteroatoms. The quantitative estimate of drug-likeness (QED) is 0.459. The Morgan fingerprint density at radius 3 is 2.40 bits per heavy atom. The van der Waals surface area contributed by atoms with Crippen LogP contribution < -0.4 is 5.73 Å². The number of amidine groups is 1. The van der Waals surface area contributed by atoms with E-state index >= 15 is 0 Å². The molecule has 0 heterocycles. The molecule has 0 bridgehead atoms. The standard InChI is InChI=1S/C19H21F2N3S/c1-13(2)9-14-3-5-15(6-4-14)11-23-24-19(22)25-12-16-7-8-17(20)18(21)10-16/h3-8,10-11,13H,9,12H2,1-2H3,(H2,22,24). The first-order chi connectivity index (χ1) is 11.9. The summed E-state index contributed by atoms with van der Waals surface area (Å²) in [6.07, 6.45) is 2.67. The van der Waals surface area contributed by atoms with Crippen LogP contribution in [0.25, 0.3) is 0 Å². The predicted octanol–water partition coefficient (Wildman–Crippen LogP) is 4.75. The summed E-state index contributed by atoms with van der Waals surface area (Å²) in [6, 6.07) is 11.9. The summed E-state index contributed by atoms with van der Waals surface area (Å²) in [7, 11) is 0. The molecule has 2 N–H and O–H groups in total. The summed E-state index contributed by atoms with van der Waals surface area (Å²) in [5, 5.41) is 8.12. The van der Waals surface area contributed by atoms with Gasteiger partial charge in [-0.15, -0.1) is 5.10 Å². The number of hydrogen-bond donors (Lipinski definition) is 1. The van der Waals surface area contributed by atoms with Gasteiger partial charge < -0.3 is 5.73 Å². The molecule has 132 valence electrons. The molecule has 0 fully saturated rings. The fraction of sp³-hybridized carbons (Fsp3) is 0.263. The van der Waals surface area contributed by atoms with Crippen molar-refractivity contribution in [3.8, 4) is 0 Å². The zero-order valence-corrected chi connectivity index (χ0v) is 15.1. The molecule has 0 saturated carbocycles. The topological polar surface area (TPSA) is 50.7 Å². The lowest BCUT2D eigenvalue weighted by Gasteiger charge is -2.04. The van der Waals surface area contributed by atoms with Gasteiger partial charge in [-0.1, -0.05) is 55.9 Å². The molecule has 0 saturated heterocycles. The monoisotopic (exact) mass is 361 g/mol. The van der Waals surface area contributed by atoms with Gasteiger partial charge in [0.25, 0.3) is 0 Å². The highest BCUT2D eigenvalue weighted by Crippen LogP contribution is 2.15. The molecule has 0 amide bonds. The molecule has 2 rings (SSSR count). The molecule has 2 aromatic carbocycles. The van der Waals surface area contributed by atoms with Crippen molar-refractivity contribution >= 4 is 23.1 Å². The van der Waals surface area contributed by atoms with Gasteiger partial charge in [-0.05, 0) is 41.2 Å². The molecule has 0 spiro atoms. The lowest BCUT2D eigenvalue weighted by molar-refractivity contribution is 0.507. The van der Waals surface area contributed by atoms with E-state index in [9.17, 15) is 8.78 Å². The van der Waals surface area contributed by atoms with Gasteiger partial charge in [0.1, 0.15) is 0 Å². The summed E-state index contributed by atoms with van der Waals surface area (Å²) in [5.41, 5.74) is 8.62. The Morgan fingerprint density at radius 1 is 1.08 bits per heavy atom. The van der Waals surface area contributed by atoms with Crippen molar-refractivity contribution in [1.29, 1.82) is 0 Å². The zero-order chi connectivity index (χ0) is 18.2. The Labute approximate surface area is 151 Å². The maximum atomic E-state index is 13.1.